The molecule has 40 valence electrons. The lowest BCUT2D eigenvalue weighted by Crippen LogP contribution is -1.92. The SMILES string of the molecule is B[SH](C)(C)(Cl)Cl. The Kier molecular flexibility index (Phi) is 1.44. The van der Waals surface area contributed by atoms with E-state index in [0.29, 0.717) is 0 Å². The number of hydrogen-bond acceptors (Lipinski definition) is 0. The van der Waals surface area contributed by atoms with E-state index in [1.165, 1.54) is 0 Å². The summed E-state index contributed by atoms with van der Waals surface area (Å²) in [5.41, 5.74) is 0. The fourth-order valence-electron chi connectivity index (χ4n) is 0. The van der Waals surface area contributed by atoms with Gasteiger partial charge in [0.1, 0.15) is 0 Å². The van der Waals surface area contributed by atoms with Crippen molar-refractivity contribution in [1.29, 1.82) is 0 Å². The van der Waals surface area contributed by atoms with Crippen molar-refractivity contribution in [3.05, 3.63) is 0 Å². The van der Waals surface area contributed by atoms with Crippen LogP contribution in [-0.4, -0.2) is 19.6 Å². The van der Waals surface area contributed by atoms with Crippen LogP contribution in [0.4, 0.5) is 0 Å². The molecule has 0 saturated carbocycles. The maximum atomic E-state index is 5.68. The van der Waals surface area contributed by atoms with Crippen LogP contribution < -0.4 is 0 Å². The zero-order valence-electron chi connectivity index (χ0n) is 4.20. The van der Waals surface area contributed by atoms with Gasteiger partial charge in [-0.3, -0.25) is 0 Å². The van der Waals surface area contributed by atoms with E-state index in [2.05, 4.69) is 0 Å². The Morgan fingerprint density at radius 2 is 1.33 bits per heavy atom. The predicted octanol–water partition coefficient (Wildman–Crippen LogP) is 1.17. The van der Waals surface area contributed by atoms with Crippen molar-refractivity contribution < 1.29 is 0 Å². The minimum atomic E-state index is -2.11. The standard InChI is InChI=1S/C2H9BCl2S/c1-6(2,3,4)5/h6H,3H2,1-2H3. The number of halogens is 2. The molecule has 0 aliphatic rings. The van der Waals surface area contributed by atoms with Gasteiger partial charge in [-0.2, -0.15) is 7.44 Å². The summed E-state index contributed by atoms with van der Waals surface area (Å²) in [5.74, 6) is 0. The van der Waals surface area contributed by atoms with Crippen LogP contribution in [0, 0.1) is 0 Å². The second-order valence-corrected chi connectivity index (χ2v) is 14.9. The molecule has 6 heavy (non-hydrogen) atoms. The average molecular weight is 147 g/mol. The van der Waals surface area contributed by atoms with Crippen molar-refractivity contribution in [2.45, 2.75) is 0 Å². The first-order chi connectivity index (χ1) is 2.24. The Bertz CT molecular complexity index is 44.7. The number of hydrogen-bond donors (Lipinski definition) is 1. The van der Waals surface area contributed by atoms with Crippen LogP contribution in [0.15, 0.2) is 0 Å². The molecule has 0 radical (unpaired) electrons. The second kappa shape index (κ2) is 1.24. The molecule has 0 atom stereocenters. The lowest BCUT2D eigenvalue weighted by Gasteiger charge is -2.34. The molecule has 0 aliphatic carbocycles. The fraction of sp³-hybridized carbons (Fsp3) is 1.00. The first kappa shape index (κ1) is 6.99. The summed E-state index contributed by atoms with van der Waals surface area (Å²) in [4.78, 5) is 0. The van der Waals surface area contributed by atoms with Crippen LogP contribution in [0.25, 0.3) is 0 Å². The maximum absolute atomic E-state index is 5.68. The molecule has 0 bridgehead atoms. The van der Waals surface area contributed by atoms with E-state index in [0.717, 1.165) is 0 Å². The van der Waals surface area contributed by atoms with E-state index in [1.807, 2.05) is 19.6 Å². The largest absolute Gasteiger partial charge is 0.193 e. The summed E-state index contributed by atoms with van der Waals surface area (Å²) >= 11 is 0. The van der Waals surface area contributed by atoms with Crippen LogP contribution in [0.3, 0.4) is 0 Å². The van der Waals surface area contributed by atoms with Gasteiger partial charge in [0.05, 0.1) is 0 Å². The number of rotatable bonds is 0. The fourth-order valence-corrected chi connectivity index (χ4v) is 0. The van der Waals surface area contributed by atoms with E-state index >= 15 is 0 Å². The minimum absolute atomic E-state index is 1.87. The van der Waals surface area contributed by atoms with Crippen LogP contribution in [0.5, 0.6) is 0 Å². The normalized spacial score (nSPS) is 19.0. The van der Waals surface area contributed by atoms with Crippen molar-refractivity contribution in [3.8, 4) is 0 Å². The zero-order chi connectivity index (χ0) is 5.45. The van der Waals surface area contributed by atoms with Gasteiger partial charge in [0.25, 0.3) is 0 Å². The Balaban J connectivity index is 3.73. The zero-order valence-corrected chi connectivity index (χ0v) is 6.61. The van der Waals surface area contributed by atoms with Crippen molar-refractivity contribution in [1.82, 2.24) is 0 Å². The molecular formula is C2H9BCl2S. The molecule has 0 aromatic heterocycles. The van der Waals surface area contributed by atoms with E-state index in [9.17, 15) is 0 Å². The topological polar surface area (TPSA) is 0 Å². The molecule has 0 amide bonds. The van der Waals surface area contributed by atoms with Gasteiger partial charge in [-0.15, -0.1) is 0 Å². The highest BCUT2D eigenvalue weighted by molar-refractivity contribution is 8.89. The van der Waals surface area contributed by atoms with Crippen molar-refractivity contribution in [2.75, 3.05) is 12.5 Å². The van der Waals surface area contributed by atoms with Gasteiger partial charge < -0.3 is 0 Å². The van der Waals surface area contributed by atoms with Crippen molar-refractivity contribution >= 4 is 35.9 Å². The Morgan fingerprint density at radius 3 is 1.33 bits per heavy atom. The summed E-state index contributed by atoms with van der Waals surface area (Å²) in [6.07, 6.45) is 3.74. The molecule has 0 N–H and O–H groups in total. The third kappa shape index (κ3) is 80.5. The highest BCUT2D eigenvalue weighted by atomic mass is 36.0. The van der Waals surface area contributed by atoms with E-state index in [1.54, 1.807) is 0 Å². The highest BCUT2D eigenvalue weighted by Crippen LogP contribution is 2.68. The van der Waals surface area contributed by atoms with Gasteiger partial charge in [0, 0.05) is 0 Å². The lowest BCUT2D eigenvalue weighted by molar-refractivity contribution is 2.30. The van der Waals surface area contributed by atoms with Gasteiger partial charge in [-0.25, -0.2) is 0 Å². The predicted molar refractivity (Wildman–Crippen MR) is 41.1 cm³/mol. The molecule has 0 rings (SSSR count). The quantitative estimate of drug-likeness (QED) is 0.385. The first-order valence-corrected chi connectivity index (χ1v) is 7.07. The van der Waals surface area contributed by atoms with Crippen LogP contribution >= 0.6 is 28.8 Å². The summed E-state index contributed by atoms with van der Waals surface area (Å²) in [6.45, 7) is 0. The molecule has 0 heterocycles. The smallest absolute Gasteiger partial charge is 0.166 e. The van der Waals surface area contributed by atoms with E-state index < -0.39 is 7.44 Å². The lowest BCUT2D eigenvalue weighted by atomic mass is 10.8. The number of thiol groups is 1. The van der Waals surface area contributed by atoms with E-state index in [4.69, 9.17) is 21.4 Å². The Morgan fingerprint density at radius 1 is 1.33 bits per heavy atom. The molecule has 0 aromatic rings. The molecule has 0 saturated heterocycles. The highest BCUT2D eigenvalue weighted by Gasteiger charge is 2.14. The third-order valence-corrected chi connectivity index (χ3v) is 0. The van der Waals surface area contributed by atoms with Gasteiger partial charge in [0.2, 0.25) is 0 Å². The third-order valence-electron chi connectivity index (χ3n) is 0. The molecule has 0 aliphatic heterocycles. The van der Waals surface area contributed by atoms with Gasteiger partial charge in [0.15, 0.2) is 7.12 Å². The summed E-state index contributed by atoms with van der Waals surface area (Å²) in [6, 6.07) is 0. The molecule has 4 heteroatoms. The molecule has 0 aromatic carbocycles. The van der Waals surface area contributed by atoms with Crippen LogP contribution in [-0.2, 0) is 0 Å². The average Bonchev–Trinajstić information content (AvgIpc) is 0.650. The monoisotopic (exact) mass is 146 g/mol. The molecule has 0 spiro atoms. The molecule has 0 fully saturated rings. The minimum Gasteiger partial charge on any atom is -0.193 e. The van der Waals surface area contributed by atoms with Crippen LogP contribution in [0.1, 0.15) is 0 Å². The molecule has 0 unspecified atom stereocenters. The van der Waals surface area contributed by atoms with Gasteiger partial charge >= 0.3 is 0 Å². The van der Waals surface area contributed by atoms with Gasteiger partial charge in [-0.1, -0.05) is 21.4 Å². The van der Waals surface area contributed by atoms with Crippen LogP contribution in [0.2, 0.25) is 0 Å². The van der Waals surface area contributed by atoms with E-state index in [-0.39, 0.29) is 0 Å². The van der Waals surface area contributed by atoms with Gasteiger partial charge in [-0.05, 0) is 12.5 Å². The summed E-state index contributed by atoms with van der Waals surface area (Å²) < 4.78 is 0. The van der Waals surface area contributed by atoms with Crippen molar-refractivity contribution in [2.24, 2.45) is 0 Å². The Labute approximate surface area is 48.8 Å². The van der Waals surface area contributed by atoms with Crippen molar-refractivity contribution in [3.63, 3.8) is 0 Å². The molecular weight excluding hydrogens is 138 g/mol. The maximum Gasteiger partial charge on any atom is 0.166 e. The summed E-state index contributed by atoms with van der Waals surface area (Å²) in [5, 5.41) is 0. The first-order valence-electron chi connectivity index (χ1n) is 1.68. The molecule has 0 nitrogen and oxygen atoms in total. The summed E-state index contributed by atoms with van der Waals surface area (Å²) in [7, 11) is 11.1. The Hall–Kier alpha value is 0.995. The second-order valence-electron chi connectivity index (χ2n) is 2.42.